The largest absolute Gasteiger partial charge is 0.338 e. The van der Waals surface area contributed by atoms with Gasteiger partial charge in [-0.05, 0) is 55.0 Å². The Balaban J connectivity index is 1.91. The maximum absolute atomic E-state index is 13.7. The lowest BCUT2D eigenvalue weighted by Crippen LogP contribution is -2.43. The molecule has 1 aliphatic rings. The smallest absolute Gasteiger partial charge is 0.254 e. The topological polar surface area (TPSA) is 33.2 Å². The van der Waals surface area contributed by atoms with Crippen molar-refractivity contribution >= 4 is 40.0 Å². The Morgan fingerprint density at radius 2 is 1.76 bits per heavy atom. The summed E-state index contributed by atoms with van der Waals surface area (Å²) in [5.74, 6) is 1.08. The second-order valence-corrected chi connectivity index (χ2v) is 9.10. The number of likely N-dealkylation sites (tertiary alicyclic amines) is 1. The van der Waals surface area contributed by atoms with E-state index in [-0.39, 0.29) is 5.91 Å². The van der Waals surface area contributed by atoms with Crippen LogP contribution in [0.15, 0.2) is 42.5 Å². The molecule has 1 fully saturated rings. The first-order valence-corrected chi connectivity index (χ1v) is 10.7. The maximum atomic E-state index is 13.7. The van der Waals surface area contributed by atoms with Crippen LogP contribution in [0.5, 0.6) is 0 Å². The Bertz CT molecular complexity index is 1090. The van der Waals surface area contributed by atoms with Gasteiger partial charge in [0.2, 0.25) is 0 Å². The molecule has 29 heavy (non-hydrogen) atoms. The van der Waals surface area contributed by atoms with Crippen LogP contribution >= 0.6 is 23.2 Å². The molecule has 0 bridgehead atoms. The highest BCUT2D eigenvalue weighted by Crippen LogP contribution is 2.36. The third-order valence-electron chi connectivity index (χ3n) is 5.69. The van der Waals surface area contributed by atoms with Gasteiger partial charge in [0.05, 0.1) is 21.8 Å². The molecule has 150 valence electrons. The zero-order chi connectivity index (χ0) is 20.7. The standard InChI is InChI=1S/C24H24Cl2N2O/c1-14-10-15(2)13-28(12-14)24(29)22-16(3)23(18-9-8-17(25)11-20(18)26)27-21-7-5-4-6-19(21)22/h4-9,11,14-15H,10,12-13H2,1-3H3. The van der Waals surface area contributed by atoms with Crippen LogP contribution in [0.25, 0.3) is 22.2 Å². The van der Waals surface area contributed by atoms with Crippen LogP contribution < -0.4 is 0 Å². The predicted octanol–water partition coefficient (Wildman–Crippen LogP) is 6.64. The van der Waals surface area contributed by atoms with Gasteiger partial charge in [0.25, 0.3) is 5.91 Å². The van der Waals surface area contributed by atoms with Gasteiger partial charge in [0.15, 0.2) is 0 Å². The summed E-state index contributed by atoms with van der Waals surface area (Å²) in [6.45, 7) is 7.97. The molecular weight excluding hydrogens is 403 g/mol. The Morgan fingerprint density at radius 1 is 1.07 bits per heavy atom. The van der Waals surface area contributed by atoms with Crippen molar-refractivity contribution in [2.45, 2.75) is 27.2 Å². The van der Waals surface area contributed by atoms with E-state index in [4.69, 9.17) is 28.2 Å². The van der Waals surface area contributed by atoms with E-state index in [1.54, 1.807) is 12.1 Å². The van der Waals surface area contributed by atoms with E-state index in [0.717, 1.165) is 52.8 Å². The second kappa shape index (κ2) is 7.97. The molecule has 0 N–H and O–H groups in total. The quantitative estimate of drug-likeness (QED) is 0.460. The second-order valence-electron chi connectivity index (χ2n) is 8.26. The highest BCUT2D eigenvalue weighted by atomic mass is 35.5. The van der Waals surface area contributed by atoms with Gasteiger partial charge < -0.3 is 4.90 Å². The van der Waals surface area contributed by atoms with E-state index in [9.17, 15) is 4.79 Å². The molecule has 2 heterocycles. The summed E-state index contributed by atoms with van der Waals surface area (Å²) >= 11 is 12.6. The molecule has 1 aromatic heterocycles. The van der Waals surface area contributed by atoms with Crippen molar-refractivity contribution < 1.29 is 4.79 Å². The Kier molecular flexibility index (Phi) is 5.54. The third-order valence-corrected chi connectivity index (χ3v) is 6.24. The van der Waals surface area contributed by atoms with Crippen molar-refractivity contribution in [1.29, 1.82) is 0 Å². The normalized spacial score (nSPS) is 19.6. The number of amides is 1. The first kappa shape index (κ1) is 20.2. The van der Waals surface area contributed by atoms with Crippen LogP contribution in [0, 0.1) is 18.8 Å². The van der Waals surface area contributed by atoms with E-state index in [1.807, 2.05) is 42.2 Å². The Morgan fingerprint density at radius 3 is 2.45 bits per heavy atom. The molecule has 3 aromatic rings. The summed E-state index contributed by atoms with van der Waals surface area (Å²) in [5, 5.41) is 1.99. The number of carbonyl (C=O) groups is 1. The average Bonchev–Trinajstić information content (AvgIpc) is 2.67. The maximum Gasteiger partial charge on any atom is 0.254 e. The van der Waals surface area contributed by atoms with Crippen molar-refractivity contribution in [2.75, 3.05) is 13.1 Å². The van der Waals surface area contributed by atoms with Gasteiger partial charge in [-0.3, -0.25) is 4.79 Å². The first-order valence-electron chi connectivity index (χ1n) is 9.99. The third kappa shape index (κ3) is 3.86. The number of nitrogens with zero attached hydrogens (tertiary/aromatic N) is 2. The zero-order valence-electron chi connectivity index (χ0n) is 16.9. The molecule has 2 unspecified atom stereocenters. The van der Waals surface area contributed by atoms with Crippen LogP contribution in [-0.2, 0) is 0 Å². The number of piperidine rings is 1. The lowest BCUT2D eigenvalue weighted by atomic mass is 9.90. The van der Waals surface area contributed by atoms with Gasteiger partial charge in [-0.25, -0.2) is 4.98 Å². The SMILES string of the molecule is Cc1c(-c2ccc(Cl)cc2Cl)nc2ccccc2c1C(=O)N1CC(C)CC(C)C1. The van der Waals surface area contributed by atoms with E-state index in [2.05, 4.69) is 13.8 Å². The molecule has 1 aliphatic heterocycles. The summed E-state index contributed by atoms with van der Waals surface area (Å²) in [5.41, 5.74) is 3.88. The molecule has 0 aliphatic carbocycles. The highest BCUT2D eigenvalue weighted by Gasteiger charge is 2.29. The zero-order valence-corrected chi connectivity index (χ0v) is 18.4. The minimum atomic E-state index is 0.0748. The number of hydrogen-bond acceptors (Lipinski definition) is 2. The van der Waals surface area contributed by atoms with Crippen LogP contribution in [-0.4, -0.2) is 28.9 Å². The first-order chi connectivity index (χ1) is 13.8. The van der Waals surface area contributed by atoms with Gasteiger partial charge in [-0.1, -0.05) is 55.2 Å². The molecule has 1 saturated heterocycles. The number of halogens is 2. The summed E-state index contributed by atoms with van der Waals surface area (Å²) in [7, 11) is 0. The molecule has 0 spiro atoms. The minimum absolute atomic E-state index is 0.0748. The van der Waals surface area contributed by atoms with E-state index >= 15 is 0 Å². The predicted molar refractivity (Wildman–Crippen MR) is 121 cm³/mol. The number of pyridine rings is 1. The summed E-state index contributed by atoms with van der Waals surface area (Å²) < 4.78 is 0. The van der Waals surface area contributed by atoms with Crippen LogP contribution in [0.3, 0.4) is 0 Å². The summed E-state index contributed by atoms with van der Waals surface area (Å²) in [4.78, 5) is 20.5. The number of para-hydroxylation sites is 1. The highest BCUT2D eigenvalue weighted by molar-refractivity contribution is 6.36. The number of fused-ring (bicyclic) bond motifs is 1. The van der Waals surface area contributed by atoms with Crippen molar-refractivity contribution in [3.63, 3.8) is 0 Å². The molecule has 5 heteroatoms. The number of aromatic nitrogens is 1. The average molecular weight is 427 g/mol. The van der Waals surface area contributed by atoms with Crippen LogP contribution in [0.4, 0.5) is 0 Å². The number of rotatable bonds is 2. The van der Waals surface area contributed by atoms with Crippen LogP contribution in [0.1, 0.15) is 36.2 Å². The lowest BCUT2D eigenvalue weighted by Gasteiger charge is -2.35. The molecular formula is C24H24Cl2N2O. The van der Waals surface area contributed by atoms with E-state index < -0.39 is 0 Å². The molecule has 2 aromatic carbocycles. The summed E-state index contributed by atoms with van der Waals surface area (Å²) in [6.07, 6.45) is 1.16. The van der Waals surface area contributed by atoms with Gasteiger partial charge in [0, 0.05) is 29.1 Å². The van der Waals surface area contributed by atoms with Gasteiger partial charge in [-0.15, -0.1) is 0 Å². The molecule has 2 atom stereocenters. The van der Waals surface area contributed by atoms with Gasteiger partial charge >= 0.3 is 0 Å². The van der Waals surface area contributed by atoms with Gasteiger partial charge in [0.1, 0.15) is 0 Å². The number of hydrogen-bond donors (Lipinski definition) is 0. The molecule has 0 saturated carbocycles. The number of carbonyl (C=O) groups excluding carboxylic acids is 1. The van der Waals surface area contributed by atoms with Crippen molar-refractivity contribution in [1.82, 2.24) is 9.88 Å². The Hall–Kier alpha value is -2.10. The Labute approximate surface area is 181 Å². The van der Waals surface area contributed by atoms with E-state index in [0.29, 0.717) is 21.9 Å². The minimum Gasteiger partial charge on any atom is -0.338 e. The molecule has 3 nitrogen and oxygen atoms in total. The van der Waals surface area contributed by atoms with Gasteiger partial charge in [-0.2, -0.15) is 0 Å². The fourth-order valence-electron chi connectivity index (χ4n) is 4.51. The molecule has 0 radical (unpaired) electrons. The molecule has 1 amide bonds. The number of benzene rings is 2. The fraction of sp³-hybridized carbons (Fsp3) is 0.333. The van der Waals surface area contributed by atoms with E-state index in [1.165, 1.54) is 0 Å². The fourth-order valence-corrected chi connectivity index (χ4v) is 5.01. The van der Waals surface area contributed by atoms with Crippen molar-refractivity contribution in [3.05, 3.63) is 63.6 Å². The monoisotopic (exact) mass is 426 g/mol. The van der Waals surface area contributed by atoms with Crippen molar-refractivity contribution in [3.8, 4) is 11.3 Å². The van der Waals surface area contributed by atoms with Crippen molar-refractivity contribution in [2.24, 2.45) is 11.8 Å². The summed E-state index contributed by atoms with van der Waals surface area (Å²) in [6, 6.07) is 13.2. The lowest BCUT2D eigenvalue weighted by molar-refractivity contribution is 0.0624. The van der Waals surface area contributed by atoms with Crippen LogP contribution in [0.2, 0.25) is 10.0 Å². The molecule has 4 rings (SSSR count).